The minimum absolute atomic E-state index is 0.0146. The Bertz CT molecular complexity index is 1420. The summed E-state index contributed by atoms with van der Waals surface area (Å²) in [6, 6.07) is 25.3. The molecule has 3 aromatic carbocycles. The van der Waals surface area contributed by atoms with Gasteiger partial charge in [-0.05, 0) is 49.5 Å². The number of fused-ring (bicyclic) bond motifs is 1. The third kappa shape index (κ3) is 4.99. The minimum Gasteiger partial charge on any atom is -0.503 e. The molecule has 0 fully saturated rings. The molecule has 1 amide bonds. The van der Waals surface area contributed by atoms with Gasteiger partial charge in [-0.15, -0.1) is 0 Å². The van der Waals surface area contributed by atoms with Crippen molar-refractivity contribution in [1.82, 2.24) is 9.80 Å². The fourth-order valence-electron chi connectivity index (χ4n) is 4.48. The molecule has 5 rings (SSSR count). The molecule has 37 heavy (non-hydrogen) atoms. The van der Waals surface area contributed by atoms with Crippen molar-refractivity contribution in [2.45, 2.75) is 12.6 Å². The first kappa shape index (κ1) is 24.3. The normalized spacial score (nSPS) is 15.7. The monoisotopic (exact) mass is 496 g/mol. The SMILES string of the molecule is CN(C)CCN1C(=O)C(O)=C(C(=O)c2cc3ccccc3o2)[C@H]1c1ccc(OCc2ccccc2)cc1. The largest absolute Gasteiger partial charge is 0.503 e. The van der Waals surface area contributed by atoms with Gasteiger partial charge in [0.25, 0.3) is 5.91 Å². The molecule has 1 aromatic heterocycles. The summed E-state index contributed by atoms with van der Waals surface area (Å²) in [5.41, 5.74) is 2.33. The highest BCUT2D eigenvalue weighted by Gasteiger charge is 2.44. The number of likely N-dealkylation sites (N-methyl/N-ethyl adjacent to an activating group) is 1. The Morgan fingerprint density at radius 1 is 1.00 bits per heavy atom. The van der Waals surface area contributed by atoms with E-state index in [-0.39, 0.29) is 11.3 Å². The van der Waals surface area contributed by atoms with Gasteiger partial charge in [-0.3, -0.25) is 9.59 Å². The first-order valence-electron chi connectivity index (χ1n) is 12.1. The fraction of sp³-hybridized carbons (Fsp3) is 0.200. The van der Waals surface area contributed by atoms with E-state index in [1.807, 2.05) is 91.8 Å². The van der Waals surface area contributed by atoms with Crippen LogP contribution in [0.15, 0.2) is 101 Å². The number of Topliss-reactive ketones (excluding diaryl/α,β-unsaturated/α-hetero) is 1. The Morgan fingerprint density at radius 3 is 2.41 bits per heavy atom. The molecular formula is C30H28N2O5. The third-order valence-electron chi connectivity index (χ3n) is 6.43. The zero-order valence-electron chi connectivity index (χ0n) is 20.8. The number of ether oxygens (including phenoxy) is 1. The Labute approximate surface area is 215 Å². The van der Waals surface area contributed by atoms with Gasteiger partial charge in [0, 0.05) is 18.5 Å². The summed E-state index contributed by atoms with van der Waals surface area (Å²) in [6.45, 7) is 1.33. The van der Waals surface area contributed by atoms with Crippen LogP contribution in [0.5, 0.6) is 5.75 Å². The molecule has 0 saturated heterocycles. The molecule has 2 heterocycles. The van der Waals surface area contributed by atoms with Crippen molar-refractivity contribution in [2.75, 3.05) is 27.2 Å². The van der Waals surface area contributed by atoms with Crippen LogP contribution in [0.4, 0.5) is 0 Å². The maximum atomic E-state index is 13.6. The molecule has 7 heteroatoms. The molecule has 0 aliphatic carbocycles. The van der Waals surface area contributed by atoms with Gasteiger partial charge in [-0.1, -0.05) is 60.7 Å². The van der Waals surface area contributed by atoms with Crippen LogP contribution in [0.1, 0.15) is 27.7 Å². The average molecular weight is 497 g/mol. The highest BCUT2D eigenvalue weighted by Crippen LogP contribution is 2.40. The average Bonchev–Trinajstić information content (AvgIpc) is 3.46. The predicted molar refractivity (Wildman–Crippen MR) is 140 cm³/mol. The number of aliphatic hydroxyl groups is 1. The summed E-state index contributed by atoms with van der Waals surface area (Å²) in [7, 11) is 3.81. The van der Waals surface area contributed by atoms with Crippen molar-refractivity contribution in [3.63, 3.8) is 0 Å². The van der Waals surface area contributed by atoms with Crippen LogP contribution >= 0.6 is 0 Å². The molecule has 7 nitrogen and oxygen atoms in total. The topological polar surface area (TPSA) is 83.2 Å². The summed E-state index contributed by atoms with van der Waals surface area (Å²) >= 11 is 0. The van der Waals surface area contributed by atoms with Crippen molar-refractivity contribution in [3.05, 3.63) is 113 Å². The summed E-state index contributed by atoms with van der Waals surface area (Å²) < 4.78 is 11.7. The van der Waals surface area contributed by atoms with E-state index in [4.69, 9.17) is 9.15 Å². The number of carbonyl (C=O) groups excluding carboxylic acids is 2. The van der Waals surface area contributed by atoms with E-state index in [0.717, 1.165) is 10.9 Å². The van der Waals surface area contributed by atoms with Crippen LogP contribution in [-0.2, 0) is 11.4 Å². The lowest BCUT2D eigenvalue weighted by molar-refractivity contribution is -0.129. The van der Waals surface area contributed by atoms with E-state index in [2.05, 4.69) is 0 Å². The molecule has 0 bridgehead atoms. The first-order valence-corrected chi connectivity index (χ1v) is 12.1. The number of carbonyl (C=O) groups is 2. The zero-order chi connectivity index (χ0) is 25.9. The maximum Gasteiger partial charge on any atom is 0.290 e. The molecule has 1 aliphatic heterocycles. The van der Waals surface area contributed by atoms with Crippen LogP contribution in [0.3, 0.4) is 0 Å². The second kappa shape index (κ2) is 10.3. The lowest BCUT2D eigenvalue weighted by Crippen LogP contribution is -2.36. The van der Waals surface area contributed by atoms with E-state index in [0.29, 0.717) is 36.6 Å². The van der Waals surface area contributed by atoms with Gasteiger partial charge < -0.3 is 24.1 Å². The van der Waals surface area contributed by atoms with Crippen LogP contribution < -0.4 is 4.74 Å². The minimum atomic E-state index is -0.753. The predicted octanol–water partition coefficient (Wildman–Crippen LogP) is 5.15. The summed E-state index contributed by atoms with van der Waals surface area (Å²) in [5.74, 6) is -0.883. The van der Waals surface area contributed by atoms with E-state index < -0.39 is 23.5 Å². The zero-order valence-corrected chi connectivity index (χ0v) is 20.8. The van der Waals surface area contributed by atoms with E-state index in [1.165, 1.54) is 4.90 Å². The number of para-hydroxylation sites is 1. The second-order valence-electron chi connectivity index (χ2n) is 9.29. The van der Waals surface area contributed by atoms with Crippen LogP contribution in [0.25, 0.3) is 11.0 Å². The van der Waals surface area contributed by atoms with Crippen molar-refractivity contribution >= 4 is 22.7 Å². The van der Waals surface area contributed by atoms with Crippen molar-refractivity contribution < 1.29 is 23.8 Å². The molecule has 4 aromatic rings. The van der Waals surface area contributed by atoms with Crippen molar-refractivity contribution in [3.8, 4) is 5.75 Å². The Hall–Kier alpha value is -4.36. The number of amides is 1. The lowest BCUT2D eigenvalue weighted by atomic mass is 9.95. The summed E-state index contributed by atoms with van der Waals surface area (Å²) in [5, 5.41) is 11.7. The number of furan rings is 1. The number of nitrogens with zero attached hydrogens (tertiary/aromatic N) is 2. The van der Waals surface area contributed by atoms with Gasteiger partial charge >= 0.3 is 0 Å². The Balaban J connectivity index is 1.46. The van der Waals surface area contributed by atoms with Gasteiger partial charge in [0.1, 0.15) is 17.9 Å². The van der Waals surface area contributed by atoms with Crippen molar-refractivity contribution in [1.29, 1.82) is 0 Å². The van der Waals surface area contributed by atoms with Gasteiger partial charge in [0.15, 0.2) is 11.5 Å². The molecule has 1 aliphatic rings. The molecule has 0 unspecified atom stereocenters. The maximum absolute atomic E-state index is 13.6. The number of hydrogen-bond donors (Lipinski definition) is 1. The number of aliphatic hydroxyl groups excluding tert-OH is 1. The number of ketones is 1. The molecule has 188 valence electrons. The third-order valence-corrected chi connectivity index (χ3v) is 6.43. The quantitative estimate of drug-likeness (QED) is 0.323. The van der Waals surface area contributed by atoms with Crippen LogP contribution in [-0.4, -0.2) is 53.8 Å². The van der Waals surface area contributed by atoms with E-state index >= 15 is 0 Å². The first-order chi connectivity index (χ1) is 17.9. The summed E-state index contributed by atoms with van der Waals surface area (Å²) in [4.78, 5) is 30.3. The molecular weight excluding hydrogens is 468 g/mol. The van der Waals surface area contributed by atoms with Crippen LogP contribution in [0.2, 0.25) is 0 Å². The van der Waals surface area contributed by atoms with E-state index in [9.17, 15) is 14.7 Å². The number of rotatable bonds is 9. The highest BCUT2D eigenvalue weighted by atomic mass is 16.5. The second-order valence-corrected chi connectivity index (χ2v) is 9.29. The Kier molecular flexibility index (Phi) is 6.79. The van der Waals surface area contributed by atoms with Crippen LogP contribution in [0, 0.1) is 0 Å². The smallest absolute Gasteiger partial charge is 0.290 e. The van der Waals surface area contributed by atoms with E-state index in [1.54, 1.807) is 12.1 Å². The van der Waals surface area contributed by atoms with Gasteiger partial charge in [0.05, 0.1) is 11.6 Å². The number of benzene rings is 3. The molecule has 1 atom stereocenters. The van der Waals surface area contributed by atoms with Gasteiger partial charge in [-0.25, -0.2) is 0 Å². The van der Waals surface area contributed by atoms with Gasteiger partial charge in [-0.2, -0.15) is 0 Å². The molecule has 0 spiro atoms. The summed E-state index contributed by atoms with van der Waals surface area (Å²) in [6.07, 6.45) is 0. The molecule has 0 radical (unpaired) electrons. The van der Waals surface area contributed by atoms with Gasteiger partial charge in [0.2, 0.25) is 5.78 Å². The molecule has 1 N–H and O–H groups in total. The lowest BCUT2D eigenvalue weighted by Gasteiger charge is -2.28. The standard InChI is InChI=1S/C30H28N2O5/c1-31(2)16-17-32-27(21-12-14-23(15-13-21)36-19-20-8-4-3-5-9-20)26(29(34)30(32)35)28(33)25-18-22-10-6-7-11-24(22)37-25/h3-15,18,27,34H,16-17,19H2,1-2H3/t27-/m1/s1. The number of hydrogen-bond acceptors (Lipinski definition) is 6. The highest BCUT2D eigenvalue weighted by molar-refractivity contribution is 6.16. The van der Waals surface area contributed by atoms with Crippen molar-refractivity contribution in [2.24, 2.45) is 0 Å². The Morgan fingerprint density at radius 2 is 1.70 bits per heavy atom. The fourth-order valence-corrected chi connectivity index (χ4v) is 4.48. The molecule has 0 saturated carbocycles.